The van der Waals surface area contributed by atoms with Crippen molar-refractivity contribution in [3.05, 3.63) is 80.2 Å². The zero-order chi connectivity index (χ0) is 23.4. The van der Waals surface area contributed by atoms with Gasteiger partial charge < -0.3 is 19.4 Å². The Morgan fingerprint density at radius 1 is 0.794 bits per heavy atom. The number of aromatic amines is 2. The van der Waals surface area contributed by atoms with E-state index in [0.29, 0.717) is 34.6 Å². The van der Waals surface area contributed by atoms with Crippen molar-refractivity contribution in [3.63, 3.8) is 0 Å². The van der Waals surface area contributed by atoms with E-state index in [1.54, 1.807) is 0 Å². The van der Waals surface area contributed by atoms with E-state index in [4.69, 9.17) is 9.47 Å². The molecule has 0 radical (unpaired) electrons. The zero-order valence-electron chi connectivity index (χ0n) is 19.4. The summed E-state index contributed by atoms with van der Waals surface area (Å²) in [5, 5.41) is 1.58. The van der Waals surface area contributed by atoms with E-state index in [-0.39, 0.29) is 28.7 Å². The highest BCUT2D eigenvalue weighted by atomic mass is 16.5. The summed E-state index contributed by atoms with van der Waals surface area (Å²) in [4.78, 5) is 33.6. The van der Waals surface area contributed by atoms with Crippen LogP contribution in [0.5, 0.6) is 11.6 Å². The standard InChI is InChI=1S/C28H26N2O4/c1-27(2)22-16(20-23(31)14-8-4-6-10-18(14)30-26(20)34-27)12-28(3)13-17(22)21-24(33-28)15-9-5-7-11-19(15)29-25(21)32/h4-11,16-17,22H,12-13H2,1-3H3,(H,29,32)(H,30,31)/t16-,17+,22-,28-/m0/s1. The van der Waals surface area contributed by atoms with Crippen molar-refractivity contribution in [2.45, 2.75) is 56.7 Å². The van der Waals surface area contributed by atoms with Crippen molar-refractivity contribution in [2.24, 2.45) is 5.92 Å². The first-order valence-corrected chi connectivity index (χ1v) is 11.9. The van der Waals surface area contributed by atoms with Gasteiger partial charge in [-0.2, -0.15) is 0 Å². The number of H-pyrrole nitrogens is 2. The lowest BCUT2D eigenvalue weighted by Gasteiger charge is -2.56. The fraction of sp³-hybridized carbons (Fsp3) is 0.357. The van der Waals surface area contributed by atoms with Gasteiger partial charge in [-0.3, -0.25) is 9.59 Å². The first-order chi connectivity index (χ1) is 16.3. The van der Waals surface area contributed by atoms with Crippen LogP contribution in [0, 0.1) is 5.92 Å². The second-order valence-electron chi connectivity index (χ2n) is 10.9. The molecule has 3 aliphatic rings. The Morgan fingerprint density at radius 2 is 1.41 bits per heavy atom. The predicted octanol–water partition coefficient (Wildman–Crippen LogP) is 4.97. The van der Waals surface area contributed by atoms with Crippen molar-refractivity contribution < 1.29 is 9.47 Å². The summed E-state index contributed by atoms with van der Waals surface area (Å²) in [5.41, 5.74) is 1.74. The van der Waals surface area contributed by atoms with E-state index in [0.717, 1.165) is 22.8 Å². The van der Waals surface area contributed by atoms with E-state index in [9.17, 15) is 9.59 Å². The Morgan fingerprint density at radius 3 is 2.15 bits per heavy atom. The van der Waals surface area contributed by atoms with Gasteiger partial charge in [0.1, 0.15) is 17.0 Å². The molecule has 2 bridgehead atoms. The molecule has 7 rings (SSSR count). The molecule has 1 saturated carbocycles. The third kappa shape index (κ3) is 2.51. The lowest BCUT2D eigenvalue weighted by molar-refractivity contribution is -0.0819. The molecule has 34 heavy (non-hydrogen) atoms. The van der Waals surface area contributed by atoms with Crippen LogP contribution in [-0.2, 0) is 0 Å². The summed E-state index contributed by atoms with van der Waals surface area (Å²) in [6.45, 7) is 6.27. The average molecular weight is 455 g/mol. The van der Waals surface area contributed by atoms with Crippen LogP contribution in [0.4, 0.5) is 0 Å². The van der Waals surface area contributed by atoms with Crippen LogP contribution in [0.25, 0.3) is 21.8 Å². The van der Waals surface area contributed by atoms with Gasteiger partial charge in [-0.15, -0.1) is 0 Å². The van der Waals surface area contributed by atoms with Crippen LogP contribution in [-0.4, -0.2) is 21.2 Å². The summed E-state index contributed by atoms with van der Waals surface area (Å²) in [6.07, 6.45) is 1.41. The summed E-state index contributed by atoms with van der Waals surface area (Å²) in [6, 6.07) is 15.3. The van der Waals surface area contributed by atoms with Crippen LogP contribution in [0.3, 0.4) is 0 Å². The molecule has 4 heterocycles. The van der Waals surface area contributed by atoms with Crippen LogP contribution in [0.2, 0.25) is 0 Å². The summed E-state index contributed by atoms with van der Waals surface area (Å²) < 4.78 is 13.2. The molecular formula is C28H26N2O4. The number of ether oxygens (including phenoxy) is 2. The van der Waals surface area contributed by atoms with E-state index in [2.05, 4.69) is 30.7 Å². The monoisotopic (exact) mass is 454 g/mol. The summed E-state index contributed by atoms with van der Waals surface area (Å²) >= 11 is 0. The van der Waals surface area contributed by atoms with Crippen LogP contribution < -0.4 is 20.5 Å². The smallest absolute Gasteiger partial charge is 0.255 e. The minimum absolute atomic E-state index is 0.00562. The number of aromatic nitrogens is 2. The molecule has 4 atom stereocenters. The Bertz CT molecular complexity index is 1620. The van der Waals surface area contributed by atoms with Crippen LogP contribution in [0.15, 0.2) is 58.1 Å². The number of para-hydroxylation sites is 2. The second kappa shape index (κ2) is 6.32. The second-order valence-corrected chi connectivity index (χ2v) is 10.9. The lowest BCUT2D eigenvalue weighted by Crippen LogP contribution is -2.58. The fourth-order valence-electron chi connectivity index (χ4n) is 7.06. The van der Waals surface area contributed by atoms with Gasteiger partial charge in [-0.25, -0.2) is 0 Å². The van der Waals surface area contributed by atoms with Gasteiger partial charge in [0, 0.05) is 28.5 Å². The van der Waals surface area contributed by atoms with Gasteiger partial charge in [-0.1, -0.05) is 24.3 Å². The van der Waals surface area contributed by atoms with Gasteiger partial charge in [0.15, 0.2) is 11.3 Å². The lowest BCUT2D eigenvalue weighted by atomic mass is 9.56. The molecule has 2 N–H and O–H groups in total. The molecule has 1 fully saturated rings. The highest BCUT2D eigenvalue weighted by Gasteiger charge is 2.59. The van der Waals surface area contributed by atoms with Crippen molar-refractivity contribution >= 4 is 21.8 Å². The normalized spacial score (nSPS) is 28.4. The number of rotatable bonds is 0. The van der Waals surface area contributed by atoms with E-state index >= 15 is 0 Å². The maximum absolute atomic E-state index is 13.7. The molecule has 2 aromatic carbocycles. The minimum Gasteiger partial charge on any atom is -0.486 e. The number of fused-ring (bicyclic) bond motifs is 11. The third-order valence-corrected chi connectivity index (χ3v) is 8.25. The zero-order valence-corrected chi connectivity index (χ0v) is 19.4. The first kappa shape index (κ1) is 19.9. The highest BCUT2D eigenvalue weighted by molar-refractivity contribution is 5.87. The topological polar surface area (TPSA) is 84.2 Å². The molecular weight excluding hydrogens is 428 g/mol. The molecule has 2 aliphatic heterocycles. The third-order valence-electron chi connectivity index (χ3n) is 8.25. The fourth-order valence-corrected chi connectivity index (χ4v) is 7.06. The van der Waals surface area contributed by atoms with Crippen LogP contribution >= 0.6 is 0 Å². The van der Waals surface area contributed by atoms with Crippen molar-refractivity contribution in [1.29, 1.82) is 0 Å². The van der Waals surface area contributed by atoms with Gasteiger partial charge in [0.25, 0.3) is 5.56 Å². The molecule has 2 aromatic heterocycles. The van der Waals surface area contributed by atoms with E-state index in [1.165, 1.54) is 0 Å². The van der Waals surface area contributed by atoms with Gasteiger partial charge in [-0.05, 0) is 57.9 Å². The number of nitrogens with one attached hydrogen (secondary N) is 2. The molecule has 6 nitrogen and oxygen atoms in total. The molecule has 4 aromatic rings. The molecule has 0 unspecified atom stereocenters. The number of hydrogen-bond acceptors (Lipinski definition) is 4. The molecule has 1 aliphatic carbocycles. The van der Waals surface area contributed by atoms with Crippen molar-refractivity contribution in [2.75, 3.05) is 0 Å². The molecule has 0 spiro atoms. The Kier molecular flexibility index (Phi) is 3.69. The molecule has 6 heteroatoms. The number of benzene rings is 2. The summed E-state index contributed by atoms with van der Waals surface area (Å²) in [5.74, 6) is 1.02. The Hall–Kier alpha value is -3.54. The van der Waals surface area contributed by atoms with Crippen molar-refractivity contribution in [3.8, 4) is 11.6 Å². The SMILES string of the molecule is CC1(C)Oc2[nH]c3ccccc3c(=O)c2[C@@H]2C[C@@]3(C)C[C@H](c4c(c5ccccc5[nH]c4=O)O3)[C@H]21. The van der Waals surface area contributed by atoms with Crippen molar-refractivity contribution in [1.82, 2.24) is 9.97 Å². The highest BCUT2D eigenvalue weighted by Crippen LogP contribution is 2.61. The Labute approximate surface area is 195 Å². The maximum Gasteiger partial charge on any atom is 0.255 e. The average Bonchev–Trinajstić information content (AvgIpc) is 2.77. The predicted molar refractivity (Wildman–Crippen MR) is 131 cm³/mol. The number of hydrogen-bond donors (Lipinski definition) is 2. The van der Waals surface area contributed by atoms with E-state index < -0.39 is 11.2 Å². The van der Waals surface area contributed by atoms with E-state index in [1.807, 2.05) is 48.5 Å². The first-order valence-electron chi connectivity index (χ1n) is 11.9. The number of pyridine rings is 2. The molecule has 0 amide bonds. The minimum atomic E-state index is -0.582. The Balaban J connectivity index is 1.51. The largest absolute Gasteiger partial charge is 0.486 e. The van der Waals surface area contributed by atoms with Crippen LogP contribution in [0.1, 0.15) is 56.6 Å². The molecule has 172 valence electrons. The summed E-state index contributed by atoms with van der Waals surface area (Å²) in [7, 11) is 0. The quantitative estimate of drug-likeness (QED) is 0.393. The maximum atomic E-state index is 13.7. The van der Waals surface area contributed by atoms with Gasteiger partial charge in [0.05, 0.1) is 22.2 Å². The molecule has 0 saturated heterocycles. The van der Waals surface area contributed by atoms with Gasteiger partial charge in [0.2, 0.25) is 0 Å². The van der Waals surface area contributed by atoms with Gasteiger partial charge >= 0.3 is 0 Å².